The lowest BCUT2D eigenvalue weighted by molar-refractivity contribution is -0.121. The largest absolute Gasteiger partial charge is 0.303 e. The van der Waals surface area contributed by atoms with E-state index in [0.717, 1.165) is 30.1 Å². The van der Waals surface area contributed by atoms with E-state index in [9.17, 15) is 4.79 Å². The fourth-order valence-corrected chi connectivity index (χ4v) is 6.85. The molecule has 0 heterocycles. The minimum Gasteiger partial charge on any atom is -0.303 e. The molecule has 0 spiro atoms. The van der Waals surface area contributed by atoms with Crippen LogP contribution in [-0.4, -0.2) is 6.29 Å². The summed E-state index contributed by atoms with van der Waals surface area (Å²) in [6.45, 7) is 10.0. The third-order valence-electron chi connectivity index (χ3n) is 7.50. The van der Waals surface area contributed by atoms with Crippen LogP contribution in [0.15, 0.2) is 0 Å². The van der Waals surface area contributed by atoms with E-state index >= 15 is 0 Å². The van der Waals surface area contributed by atoms with E-state index in [1.165, 1.54) is 51.2 Å². The highest BCUT2D eigenvalue weighted by molar-refractivity contribution is 5.50. The Bertz CT molecular complexity index is 395. The molecule has 3 aliphatic carbocycles. The average Bonchev–Trinajstić information content (AvgIpc) is 2.37. The molecular formula is C20H34O. The summed E-state index contributed by atoms with van der Waals surface area (Å²) in [5.74, 6) is 4.22. The van der Waals surface area contributed by atoms with Crippen molar-refractivity contribution >= 4 is 6.29 Å². The Hall–Kier alpha value is -0.330. The Balaban J connectivity index is 1.86. The summed E-state index contributed by atoms with van der Waals surface area (Å²) in [5.41, 5.74) is 0.999. The molecule has 5 unspecified atom stereocenters. The van der Waals surface area contributed by atoms with Crippen molar-refractivity contribution in [3.63, 3.8) is 0 Å². The van der Waals surface area contributed by atoms with Gasteiger partial charge >= 0.3 is 0 Å². The van der Waals surface area contributed by atoms with Gasteiger partial charge in [0.2, 0.25) is 0 Å². The molecule has 0 aromatic carbocycles. The summed E-state index contributed by atoms with van der Waals surface area (Å²) in [7, 11) is 0. The van der Waals surface area contributed by atoms with Crippen LogP contribution < -0.4 is 0 Å². The highest BCUT2D eigenvalue weighted by Gasteiger charge is 2.54. The second-order valence-electron chi connectivity index (χ2n) is 9.71. The number of carbonyl (C=O) groups excluding carboxylic acids is 1. The Morgan fingerprint density at radius 1 is 1.05 bits per heavy atom. The first-order chi connectivity index (χ1) is 9.85. The zero-order valence-electron chi connectivity index (χ0n) is 14.5. The van der Waals surface area contributed by atoms with Crippen molar-refractivity contribution in [2.24, 2.45) is 40.4 Å². The predicted octanol–water partition coefficient (Wildman–Crippen LogP) is 5.48. The molecule has 3 rings (SSSR count). The van der Waals surface area contributed by atoms with Gasteiger partial charge in [-0.2, -0.15) is 0 Å². The van der Waals surface area contributed by atoms with Crippen LogP contribution in [0.5, 0.6) is 0 Å². The van der Waals surface area contributed by atoms with Crippen molar-refractivity contribution in [1.29, 1.82) is 0 Å². The summed E-state index contributed by atoms with van der Waals surface area (Å²) in [6.07, 6.45) is 11.8. The van der Waals surface area contributed by atoms with Crippen LogP contribution in [0.4, 0.5) is 0 Å². The molecule has 0 aromatic rings. The van der Waals surface area contributed by atoms with Gasteiger partial charge in [-0.05, 0) is 72.5 Å². The lowest BCUT2D eigenvalue weighted by Gasteiger charge is -2.60. The van der Waals surface area contributed by atoms with Crippen molar-refractivity contribution in [3.05, 3.63) is 0 Å². The topological polar surface area (TPSA) is 17.1 Å². The van der Waals surface area contributed by atoms with E-state index in [1.807, 2.05) is 0 Å². The summed E-state index contributed by atoms with van der Waals surface area (Å²) in [4.78, 5) is 11.1. The van der Waals surface area contributed by atoms with Gasteiger partial charge in [0.05, 0.1) is 0 Å². The maximum atomic E-state index is 11.1. The van der Waals surface area contributed by atoms with Crippen molar-refractivity contribution < 1.29 is 4.79 Å². The van der Waals surface area contributed by atoms with Crippen LogP contribution in [0, 0.1) is 40.4 Å². The molecule has 0 saturated heterocycles. The van der Waals surface area contributed by atoms with Gasteiger partial charge in [0.1, 0.15) is 6.29 Å². The molecule has 3 aliphatic rings. The molecule has 3 saturated carbocycles. The fourth-order valence-electron chi connectivity index (χ4n) is 6.85. The second kappa shape index (κ2) is 5.39. The quantitative estimate of drug-likeness (QED) is 0.615. The van der Waals surface area contributed by atoms with Crippen molar-refractivity contribution in [1.82, 2.24) is 0 Å². The van der Waals surface area contributed by atoms with Crippen LogP contribution in [0.3, 0.4) is 0 Å². The van der Waals surface area contributed by atoms with Gasteiger partial charge in [0.15, 0.2) is 0 Å². The van der Waals surface area contributed by atoms with Gasteiger partial charge in [0, 0.05) is 6.42 Å². The zero-order chi connectivity index (χ0) is 15.3. The summed E-state index contributed by atoms with van der Waals surface area (Å²) in [5, 5.41) is 0. The first kappa shape index (κ1) is 15.6. The van der Waals surface area contributed by atoms with E-state index in [4.69, 9.17) is 0 Å². The predicted molar refractivity (Wildman–Crippen MR) is 88.0 cm³/mol. The lowest BCUT2D eigenvalue weighted by atomic mass is 9.45. The molecule has 1 heteroatoms. The molecule has 5 atom stereocenters. The Kier molecular flexibility index (Phi) is 3.99. The lowest BCUT2D eigenvalue weighted by Crippen LogP contribution is -2.53. The molecule has 0 amide bonds. The average molecular weight is 290 g/mol. The van der Waals surface area contributed by atoms with Crippen LogP contribution in [-0.2, 0) is 4.79 Å². The number of rotatable bonds is 2. The summed E-state index contributed by atoms with van der Waals surface area (Å²) in [6, 6.07) is 0. The highest BCUT2D eigenvalue weighted by atomic mass is 16.1. The van der Waals surface area contributed by atoms with Crippen LogP contribution >= 0.6 is 0 Å². The molecule has 0 radical (unpaired) electrons. The van der Waals surface area contributed by atoms with Crippen LogP contribution in [0.2, 0.25) is 0 Å². The molecule has 0 aromatic heterocycles. The van der Waals surface area contributed by atoms with Gasteiger partial charge in [-0.1, -0.05) is 40.5 Å². The first-order valence-corrected chi connectivity index (χ1v) is 9.29. The maximum Gasteiger partial charge on any atom is 0.120 e. The van der Waals surface area contributed by atoms with E-state index in [1.54, 1.807) is 0 Å². The van der Waals surface area contributed by atoms with Crippen molar-refractivity contribution in [3.8, 4) is 0 Å². The molecule has 1 nitrogen and oxygen atoms in total. The monoisotopic (exact) mass is 290 g/mol. The zero-order valence-corrected chi connectivity index (χ0v) is 14.5. The molecule has 0 bridgehead atoms. The number of hydrogen-bond acceptors (Lipinski definition) is 1. The third kappa shape index (κ3) is 2.70. The molecule has 0 aliphatic heterocycles. The number of aldehydes is 1. The summed E-state index contributed by atoms with van der Waals surface area (Å²) >= 11 is 0. The first-order valence-electron chi connectivity index (χ1n) is 9.29. The molecule has 21 heavy (non-hydrogen) atoms. The van der Waals surface area contributed by atoms with E-state index < -0.39 is 0 Å². The summed E-state index contributed by atoms with van der Waals surface area (Å²) < 4.78 is 0. The molecule has 120 valence electrons. The minimum atomic E-state index is 0.443. The minimum absolute atomic E-state index is 0.443. The SMILES string of the molecule is CC1(C)CCC2C(CC3CCCC(CC=O)C3C2(C)C)C1. The standard InChI is InChI=1S/C20H34O/c1-19(2)10-8-17-16(13-19)12-15-7-5-6-14(9-11-21)18(15)20(17,3)4/h11,14-18H,5-10,12-13H2,1-4H3. The Labute approximate surface area is 131 Å². The van der Waals surface area contributed by atoms with Crippen LogP contribution in [0.25, 0.3) is 0 Å². The number of carbonyl (C=O) groups is 1. The van der Waals surface area contributed by atoms with E-state index in [0.29, 0.717) is 16.7 Å². The van der Waals surface area contributed by atoms with Crippen LogP contribution in [0.1, 0.15) is 79.1 Å². The third-order valence-corrected chi connectivity index (χ3v) is 7.50. The highest BCUT2D eigenvalue weighted by Crippen LogP contribution is 2.62. The Morgan fingerprint density at radius 2 is 1.81 bits per heavy atom. The van der Waals surface area contributed by atoms with Gasteiger partial charge < -0.3 is 4.79 Å². The van der Waals surface area contributed by atoms with E-state index in [2.05, 4.69) is 27.7 Å². The fraction of sp³-hybridized carbons (Fsp3) is 0.950. The van der Waals surface area contributed by atoms with Crippen molar-refractivity contribution in [2.45, 2.75) is 79.1 Å². The molecule has 0 N–H and O–H groups in total. The maximum absolute atomic E-state index is 11.1. The Morgan fingerprint density at radius 3 is 2.52 bits per heavy atom. The normalized spacial score (nSPS) is 44.5. The smallest absolute Gasteiger partial charge is 0.120 e. The van der Waals surface area contributed by atoms with Crippen molar-refractivity contribution in [2.75, 3.05) is 0 Å². The van der Waals surface area contributed by atoms with Gasteiger partial charge in [-0.3, -0.25) is 0 Å². The number of hydrogen-bond donors (Lipinski definition) is 0. The van der Waals surface area contributed by atoms with Gasteiger partial charge in [0.25, 0.3) is 0 Å². The van der Waals surface area contributed by atoms with E-state index in [-0.39, 0.29) is 0 Å². The number of fused-ring (bicyclic) bond motifs is 2. The van der Waals surface area contributed by atoms with Gasteiger partial charge in [-0.25, -0.2) is 0 Å². The second-order valence-corrected chi connectivity index (χ2v) is 9.71. The molecule has 3 fully saturated rings. The van der Waals surface area contributed by atoms with Gasteiger partial charge in [-0.15, -0.1) is 0 Å². The molecular weight excluding hydrogens is 256 g/mol.